The van der Waals surface area contributed by atoms with Crippen LogP contribution < -0.4 is 0 Å². The number of rotatable bonds is 3. The van der Waals surface area contributed by atoms with Gasteiger partial charge in [0.05, 0.1) is 11.5 Å². The predicted molar refractivity (Wildman–Crippen MR) is 53.1 cm³/mol. The number of aryl methyl sites for hydroxylation is 1. The maximum absolute atomic E-state index is 13.1. The third kappa shape index (κ3) is 1.56. The van der Waals surface area contributed by atoms with Gasteiger partial charge >= 0.3 is 11.7 Å². The van der Waals surface area contributed by atoms with Crippen LogP contribution >= 0.6 is 0 Å². The van der Waals surface area contributed by atoms with Crippen LogP contribution in [0.5, 0.6) is 0 Å². The minimum atomic E-state index is -1.54. The number of halogens is 1. The molecule has 7 nitrogen and oxygen atoms in total. The summed E-state index contributed by atoms with van der Waals surface area (Å²) >= 11 is 0. The van der Waals surface area contributed by atoms with Crippen molar-refractivity contribution in [3.8, 4) is 0 Å². The molecule has 92 valence electrons. The third-order valence-corrected chi connectivity index (χ3v) is 2.86. The van der Waals surface area contributed by atoms with Gasteiger partial charge in [-0.1, -0.05) is 0 Å². The Balaban J connectivity index is 2.49. The Hall–Kier alpha value is -1.99. The fraction of sp³-hybridized carbons (Fsp3) is 0.556. The molecule has 1 aliphatic rings. The number of alkyl halides is 1. The van der Waals surface area contributed by atoms with Crippen molar-refractivity contribution >= 4 is 11.7 Å². The van der Waals surface area contributed by atoms with Crippen LogP contribution in [0.2, 0.25) is 0 Å². The lowest BCUT2D eigenvalue weighted by Crippen LogP contribution is -2.41. The van der Waals surface area contributed by atoms with Gasteiger partial charge in [0.25, 0.3) is 0 Å². The van der Waals surface area contributed by atoms with Crippen molar-refractivity contribution in [3.63, 3.8) is 0 Å². The first-order chi connectivity index (χ1) is 8.01. The Morgan fingerprint density at radius 2 is 2.47 bits per heavy atom. The number of nitrogens with zero attached hydrogens (tertiary/aromatic N) is 3. The van der Waals surface area contributed by atoms with E-state index in [0.29, 0.717) is 0 Å². The van der Waals surface area contributed by atoms with Gasteiger partial charge in [-0.3, -0.25) is 10.1 Å². The van der Waals surface area contributed by atoms with E-state index in [4.69, 9.17) is 4.74 Å². The Labute approximate surface area is 95.3 Å². The smallest absolute Gasteiger partial charge is 0.336 e. The summed E-state index contributed by atoms with van der Waals surface area (Å²) in [6.45, 7) is 0.528. The van der Waals surface area contributed by atoms with E-state index in [9.17, 15) is 19.3 Å². The predicted octanol–water partition coefficient (Wildman–Crippen LogP) is 0.711. The summed E-state index contributed by atoms with van der Waals surface area (Å²) < 4.78 is 18.8. The van der Waals surface area contributed by atoms with Crippen molar-refractivity contribution in [2.24, 2.45) is 0 Å². The van der Waals surface area contributed by atoms with Crippen molar-refractivity contribution in [2.75, 3.05) is 13.3 Å². The maximum atomic E-state index is 13.1. The van der Waals surface area contributed by atoms with Crippen LogP contribution in [-0.4, -0.2) is 34.0 Å². The largest absolute Gasteiger partial charge is 0.464 e. The normalized spacial score (nSPS) is 23.8. The number of carbonyl (C=O) groups is 1. The summed E-state index contributed by atoms with van der Waals surface area (Å²) in [7, 11) is 0. The second-order valence-electron chi connectivity index (χ2n) is 3.85. The topological polar surface area (TPSA) is 87.3 Å². The number of hydrogen-bond acceptors (Lipinski definition) is 5. The number of carbonyl (C=O) groups excluding carboxylic acids is 1. The second-order valence-corrected chi connectivity index (χ2v) is 3.85. The first-order valence-electron chi connectivity index (χ1n) is 4.95. The molecule has 0 amide bonds. The summed E-state index contributed by atoms with van der Waals surface area (Å²) in [6, 6.07) is 0. The zero-order chi connectivity index (χ0) is 12.6. The fourth-order valence-electron chi connectivity index (χ4n) is 1.79. The van der Waals surface area contributed by atoms with Gasteiger partial charge in [0.15, 0.2) is 5.54 Å². The summed E-state index contributed by atoms with van der Waals surface area (Å²) in [4.78, 5) is 21.6. The number of nitro groups is 1. The van der Waals surface area contributed by atoms with Crippen LogP contribution in [0.3, 0.4) is 0 Å². The summed E-state index contributed by atoms with van der Waals surface area (Å²) in [6.07, 6.45) is 1.20. The van der Waals surface area contributed by atoms with Crippen LogP contribution in [0.4, 0.5) is 10.1 Å². The van der Waals surface area contributed by atoms with Gasteiger partial charge in [0, 0.05) is 6.42 Å². The molecule has 8 heteroatoms. The standard InChI is InChI=1S/C9H10FN3O4/c1-6-7(13(15)16)4-12(11-6)9(5-10)2-3-17-8(9)14/h4H,2-3,5H2,1H3. The molecule has 0 N–H and O–H groups in total. The zero-order valence-electron chi connectivity index (χ0n) is 9.05. The molecule has 2 heterocycles. The van der Waals surface area contributed by atoms with E-state index >= 15 is 0 Å². The molecule has 0 bridgehead atoms. The van der Waals surface area contributed by atoms with Crippen molar-refractivity contribution in [1.82, 2.24) is 9.78 Å². The van der Waals surface area contributed by atoms with E-state index in [1.165, 1.54) is 6.92 Å². The number of hydrogen-bond donors (Lipinski definition) is 0. The summed E-state index contributed by atoms with van der Waals surface area (Å²) in [5.74, 6) is -0.739. The molecule has 2 rings (SSSR count). The van der Waals surface area contributed by atoms with E-state index in [2.05, 4.69) is 5.10 Å². The Bertz CT molecular complexity index is 487. The van der Waals surface area contributed by atoms with Crippen molar-refractivity contribution in [3.05, 3.63) is 22.0 Å². The van der Waals surface area contributed by atoms with E-state index < -0.39 is 23.1 Å². The van der Waals surface area contributed by atoms with Gasteiger partial charge < -0.3 is 4.74 Å². The average molecular weight is 243 g/mol. The molecule has 1 saturated heterocycles. The molecule has 1 fully saturated rings. The molecule has 1 aromatic rings. The lowest BCUT2D eigenvalue weighted by atomic mass is 10.0. The first-order valence-corrected chi connectivity index (χ1v) is 4.95. The van der Waals surface area contributed by atoms with Gasteiger partial charge in [0.2, 0.25) is 0 Å². The summed E-state index contributed by atoms with van der Waals surface area (Å²) in [5, 5.41) is 14.5. The Morgan fingerprint density at radius 3 is 2.88 bits per heavy atom. The molecule has 1 aliphatic heterocycles. The first kappa shape index (κ1) is 11.5. The quantitative estimate of drug-likeness (QED) is 0.443. The average Bonchev–Trinajstić information content (AvgIpc) is 2.82. The highest BCUT2D eigenvalue weighted by molar-refractivity contribution is 5.80. The molecular weight excluding hydrogens is 233 g/mol. The highest BCUT2D eigenvalue weighted by atomic mass is 19.1. The van der Waals surface area contributed by atoms with Crippen LogP contribution in [0.15, 0.2) is 6.20 Å². The van der Waals surface area contributed by atoms with E-state index in [1.807, 2.05) is 0 Å². The molecule has 0 saturated carbocycles. The van der Waals surface area contributed by atoms with Crippen LogP contribution in [-0.2, 0) is 15.1 Å². The summed E-state index contributed by atoms with van der Waals surface area (Å²) in [5.41, 5.74) is -1.64. The highest BCUT2D eigenvalue weighted by Gasteiger charge is 2.48. The van der Waals surface area contributed by atoms with Gasteiger partial charge in [-0.25, -0.2) is 13.9 Å². The van der Waals surface area contributed by atoms with Crippen LogP contribution in [0.1, 0.15) is 12.1 Å². The van der Waals surface area contributed by atoms with Crippen LogP contribution in [0, 0.1) is 17.0 Å². The van der Waals surface area contributed by atoms with E-state index in [0.717, 1.165) is 10.9 Å². The molecular formula is C9H10FN3O4. The molecule has 0 aromatic carbocycles. The number of esters is 1. The van der Waals surface area contributed by atoms with Crippen molar-refractivity contribution in [1.29, 1.82) is 0 Å². The van der Waals surface area contributed by atoms with Gasteiger partial charge in [-0.05, 0) is 6.92 Å². The number of ether oxygens (including phenoxy) is 1. The Kier molecular flexibility index (Phi) is 2.56. The lowest BCUT2D eigenvalue weighted by molar-refractivity contribution is -0.385. The minimum Gasteiger partial charge on any atom is -0.464 e. The van der Waals surface area contributed by atoms with Crippen molar-refractivity contribution in [2.45, 2.75) is 18.9 Å². The van der Waals surface area contributed by atoms with Gasteiger partial charge in [-0.15, -0.1) is 0 Å². The number of aromatic nitrogens is 2. The maximum Gasteiger partial charge on any atom is 0.336 e. The number of cyclic esters (lactones) is 1. The zero-order valence-corrected chi connectivity index (χ0v) is 9.05. The van der Waals surface area contributed by atoms with E-state index in [1.54, 1.807) is 0 Å². The molecule has 0 spiro atoms. The monoisotopic (exact) mass is 243 g/mol. The lowest BCUT2D eigenvalue weighted by Gasteiger charge is -2.20. The SMILES string of the molecule is Cc1nn(C2(CF)CCOC2=O)cc1[N+](=O)[O-]. The minimum absolute atomic E-state index is 0.0927. The molecule has 17 heavy (non-hydrogen) atoms. The molecule has 0 radical (unpaired) electrons. The van der Waals surface area contributed by atoms with Gasteiger partial charge in [-0.2, -0.15) is 5.10 Å². The fourth-order valence-corrected chi connectivity index (χ4v) is 1.79. The van der Waals surface area contributed by atoms with Crippen molar-refractivity contribution < 1.29 is 18.8 Å². The van der Waals surface area contributed by atoms with Crippen LogP contribution in [0.25, 0.3) is 0 Å². The Morgan fingerprint density at radius 1 is 1.76 bits per heavy atom. The second kappa shape index (κ2) is 3.79. The molecule has 0 aliphatic carbocycles. The molecule has 1 atom stereocenters. The van der Waals surface area contributed by atoms with Gasteiger partial charge in [0.1, 0.15) is 18.6 Å². The third-order valence-electron chi connectivity index (χ3n) is 2.86. The molecule has 1 unspecified atom stereocenters. The molecule has 1 aromatic heterocycles. The van der Waals surface area contributed by atoms with E-state index in [-0.39, 0.29) is 24.4 Å². The highest BCUT2D eigenvalue weighted by Crippen LogP contribution is 2.31.